The molecule has 0 aliphatic carbocycles. The van der Waals surface area contributed by atoms with E-state index >= 15 is 0 Å². The van der Waals surface area contributed by atoms with Crippen molar-refractivity contribution in [2.24, 2.45) is 0 Å². The fraction of sp³-hybridized carbons (Fsp3) is 0.500. The fourth-order valence-electron chi connectivity index (χ4n) is 2.97. The number of nitrogens with zero attached hydrogens (tertiary/aromatic N) is 1. The lowest BCUT2D eigenvalue weighted by Gasteiger charge is -2.43. The van der Waals surface area contributed by atoms with E-state index in [1.54, 1.807) is 18.2 Å². The minimum absolute atomic E-state index is 0.00607. The van der Waals surface area contributed by atoms with Crippen LogP contribution in [0.5, 0.6) is 5.75 Å². The second kappa shape index (κ2) is 4.97. The predicted molar refractivity (Wildman–Crippen MR) is 79.4 cm³/mol. The van der Waals surface area contributed by atoms with Gasteiger partial charge in [-0.15, -0.1) is 0 Å². The molecule has 1 aromatic carbocycles. The van der Waals surface area contributed by atoms with Crippen molar-refractivity contribution in [3.8, 4) is 5.75 Å². The van der Waals surface area contributed by atoms with Gasteiger partial charge in [-0.2, -0.15) is 0 Å². The van der Waals surface area contributed by atoms with Crippen molar-refractivity contribution in [3.05, 3.63) is 28.8 Å². The Morgan fingerprint density at radius 2 is 1.95 bits per heavy atom. The predicted octanol–water partition coefficient (Wildman–Crippen LogP) is 2.10. The average molecular weight is 330 g/mol. The zero-order valence-electron chi connectivity index (χ0n) is 11.6. The molecule has 2 aliphatic rings. The molecule has 1 fully saturated rings. The second-order valence-electron chi connectivity index (χ2n) is 5.69. The number of carbonyl (C=O) groups is 1. The molecule has 2 heterocycles. The molecule has 0 aromatic heterocycles. The van der Waals surface area contributed by atoms with Crippen LogP contribution in [0.2, 0.25) is 5.02 Å². The molecule has 0 bridgehead atoms. The number of rotatable bonds is 1. The molecule has 1 saturated heterocycles. The second-order valence-corrected chi connectivity index (χ2v) is 8.11. The zero-order valence-corrected chi connectivity index (χ0v) is 13.2. The third kappa shape index (κ3) is 2.80. The van der Waals surface area contributed by atoms with Crippen molar-refractivity contribution in [2.45, 2.75) is 24.9 Å². The van der Waals surface area contributed by atoms with E-state index < -0.39 is 15.6 Å². The van der Waals surface area contributed by atoms with E-state index in [4.69, 9.17) is 16.3 Å². The topological polar surface area (TPSA) is 63.7 Å². The van der Waals surface area contributed by atoms with Gasteiger partial charge < -0.3 is 4.74 Å². The Labute approximate surface area is 128 Å². The Morgan fingerprint density at radius 1 is 1.29 bits per heavy atom. The highest BCUT2D eigenvalue weighted by Crippen LogP contribution is 2.40. The van der Waals surface area contributed by atoms with Gasteiger partial charge in [0.15, 0.2) is 5.78 Å². The van der Waals surface area contributed by atoms with Crippen LogP contribution in [-0.4, -0.2) is 43.5 Å². The first kappa shape index (κ1) is 14.8. The van der Waals surface area contributed by atoms with Crippen molar-refractivity contribution < 1.29 is 17.9 Å². The Bertz CT molecular complexity index is 693. The van der Waals surface area contributed by atoms with Crippen molar-refractivity contribution in [3.63, 3.8) is 0 Å². The van der Waals surface area contributed by atoms with Gasteiger partial charge in [-0.25, -0.2) is 12.7 Å². The van der Waals surface area contributed by atoms with Gasteiger partial charge in [0, 0.05) is 31.0 Å². The number of carbonyl (C=O) groups excluding carboxylic acids is 1. The summed E-state index contributed by atoms with van der Waals surface area (Å²) in [6.45, 7) is 0.768. The van der Waals surface area contributed by atoms with Crippen LogP contribution in [0.4, 0.5) is 0 Å². The Balaban J connectivity index is 1.84. The lowest BCUT2D eigenvalue weighted by molar-refractivity contribution is 0.00602. The van der Waals surface area contributed by atoms with Crippen molar-refractivity contribution in [1.82, 2.24) is 4.31 Å². The third-order valence-corrected chi connectivity index (χ3v) is 5.69. The van der Waals surface area contributed by atoms with Crippen LogP contribution < -0.4 is 4.74 Å². The minimum atomic E-state index is -3.19. The molecule has 114 valence electrons. The first-order chi connectivity index (χ1) is 9.79. The van der Waals surface area contributed by atoms with Crippen molar-refractivity contribution in [2.75, 3.05) is 19.3 Å². The highest BCUT2D eigenvalue weighted by Gasteiger charge is 2.44. The summed E-state index contributed by atoms with van der Waals surface area (Å²) in [5.41, 5.74) is -0.0716. The molecule has 21 heavy (non-hydrogen) atoms. The van der Waals surface area contributed by atoms with Gasteiger partial charge in [-0.1, -0.05) is 11.6 Å². The highest BCUT2D eigenvalue weighted by atomic mass is 35.5. The van der Waals surface area contributed by atoms with E-state index in [-0.39, 0.29) is 12.2 Å². The average Bonchev–Trinajstić information content (AvgIpc) is 2.39. The molecule has 0 radical (unpaired) electrons. The van der Waals surface area contributed by atoms with E-state index in [0.29, 0.717) is 42.3 Å². The van der Waals surface area contributed by atoms with Gasteiger partial charge in [0.05, 0.1) is 18.2 Å². The van der Waals surface area contributed by atoms with E-state index in [9.17, 15) is 13.2 Å². The quantitative estimate of drug-likeness (QED) is 0.791. The Kier molecular flexibility index (Phi) is 3.50. The van der Waals surface area contributed by atoms with Crippen molar-refractivity contribution in [1.29, 1.82) is 0 Å². The Morgan fingerprint density at radius 3 is 2.57 bits per heavy atom. The van der Waals surface area contributed by atoms with Crippen LogP contribution in [0, 0.1) is 0 Å². The number of ether oxygens (including phenoxy) is 1. The molecule has 0 saturated carbocycles. The molecule has 1 spiro atoms. The number of Topliss-reactive ketones (excluding diaryl/α,β-unsaturated/α-hetero) is 1. The first-order valence-electron chi connectivity index (χ1n) is 6.76. The first-order valence-corrected chi connectivity index (χ1v) is 8.99. The molecule has 7 heteroatoms. The number of fused-ring (bicyclic) bond motifs is 1. The molecule has 1 aromatic rings. The SMILES string of the molecule is CS(=O)(=O)N1CCC2(CC1)CC(=O)c1cc(Cl)ccc1O2. The molecule has 5 nitrogen and oxygen atoms in total. The number of ketones is 1. The van der Waals surface area contributed by atoms with Gasteiger partial charge in [-0.3, -0.25) is 4.79 Å². The molecular formula is C14H16ClNO4S. The maximum absolute atomic E-state index is 12.3. The van der Waals surface area contributed by atoms with Crippen LogP contribution in [0.3, 0.4) is 0 Å². The van der Waals surface area contributed by atoms with Crippen LogP contribution >= 0.6 is 11.6 Å². The maximum atomic E-state index is 12.3. The molecule has 3 rings (SSSR count). The summed E-state index contributed by atoms with van der Waals surface area (Å²) in [5, 5.41) is 0.508. The summed E-state index contributed by atoms with van der Waals surface area (Å²) in [7, 11) is -3.19. The number of piperidine rings is 1. The van der Waals surface area contributed by atoms with Crippen LogP contribution in [0.25, 0.3) is 0 Å². The lowest BCUT2D eigenvalue weighted by atomic mass is 9.83. The molecule has 0 atom stereocenters. The maximum Gasteiger partial charge on any atom is 0.211 e. The minimum Gasteiger partial charge on any atom is -0.486 e. The molecule has 0 N–H and O–H groups in total. The zero-order chi connectivity index (χ0) is 15.3. The highest BCUT2D eigenvalue weighted by molar-refractivity contribution is 7.88. The smallest absolute Gasteiger partial charge is 0.211 e. The van der Waals surface area contributed by atoms with Crippen LogP contribution in [0.1, 0.15) is 29.6 Å². The lowest BCUT2D eigenvalue weighted by Crippen LogP contribution is -2.52. The number of halogens is 1. The summed E-state index contributed by atoms with van der Waals surface area (Å²) in [5.74, 6) is 0.551. The normalized spacial score (nSPS) is 21.9. The molecule has 0 amide bonds. The standard InChI is InChI=1S/C14H16ClNO4S/c1-21(18,19)16-6-4-14(5-7-16)9-12(17)11-8-10(15)2-3-13(11)20-14/h2-3,8H,4-7,9H2,1H3. The van der Waals surface area contributed by atoms with Gasteiger partial charge in [-0.05, 0) is 18.2 Å². The summed E-state index contributed by atoms with van der Waals surface area (Å²) in [6, 6.07) is 5.02. The Hall–Kier alpha value is -1.11. The van der Waals surface area contributed by atoms with E-state index in [2.05, 4.69) is 0 Å². The summed E-state index contributed by atoms with van der Waals surface area (Å²) in [4.78, 5) is 12.3. The summed E-state index contributed by atoms with van der Waals surface area (Å²) >= 11 is 5.91. The number of benzene rings is 1. The van der Waals surface area contributed by atoms with E-state index in [1.807, 2.05) is 0 Å². The summed E-state index contributed by atoms with van der Waals surface area (Å²) in [6.07, 6.45) is 2.52. The third-order valence-electron chi connectivity index (χ3n) is 4.15. The van der Waals surface area contributed by atoms with E-state index in [1.165, 1.54) is 10.6 Å². The monoisotopic (exact) mass is 329 g/mol. The van der Waals surface area contributed by atoms with Gasteiger partial charge in [0.25, 0.3) is 0 Å². The van der Waals surface area contributed by atoms with Gasteiger partial charge in [0.1, 0.15) is 11.4 Å². The van der Waals surface area contributed by atoms with Gasteiger partial charge in [0.2, 0.25) is 10.0 Å². The van der Waals surface area contributed by atoms with E-state index in [0.717, 1.165) is 0 Å². The largest absolute Gasteiger partial charge is 0.486 e. The summed E-state index contributed by atoms with van der Waals surface area (Å²) < 4.78 is 30.6. The fourth-order valence-corrected chi connectivity index (χ4v) is 3.99. The van der Waals surface area contributed by atoms with Crippen LogP contribution in [0.15, 0.2) is 18.2 Å². The van der Waals surface area contributed by atoms with Crippen LogP contribution in [-0.2, 0) is 10.0 Å². The number of hydrogen-bond acceptors (Lipinski definition) is 4. The molecule has 0 unspecified atom stereocenters. The molecule has 2 aliphatic heterocycles. The molecular weight excluding hydrogens is 314 g/mol. The van der Waals surface area contributed by atoms with Gasteiger partial charge >= 0.3 is 0 Å². The number of hydrogen-bond donors (Lipinski definition) is 0. The van der Waals surface area contributed by atoms with Crippen molar-refractivity contribution >= 4 is 27.4 Å². The number of sulfonamides is 1.